The number of nitro groups is 1. The number of nitro benzene ring substituents is 1. The second kappa shape index (κ2) is 7.14. The van der Waals surface area contributed by atoms with Crippen molar-refractivity contribution in [1.29, 1.82) is 0 Å². The lowest BCUT2D eigenvalue weighted by molar-refractivity contribution is -0.384. The molecule has 1 N–H and O–H groups in total. The van der Waals surface area contributed by atoms with Gasteiger partial charge in [-0.3, -0.25) is 14.9 Å². The van der Waals surface area contributed by atoms with E-state index in [2.05, 4.69) is 15.5 Å². The summed E-state index contributed by atoms with van der Waals surface area (Å²) in [4.78, 5) is 23.9. The number of carbonyl (C=O) groups is 1. The molecule has 1 aliphatic rings. The van der Waals surface area contributed by atoms with Crippen LogP contribution in [0, 0.1) is 10.1 Å². The highest BCUT2D eigenvalue weighted by Gasteiger charge is 2.22. The van der Waals surface area contributed by atoms with Gasteiger partial charge in [0.15, 0.2) is 4.34 Å². The Balaban J connectivity index is 1.53. The molecule has 0 bridgehead atoms. The summed E-state index contributed by atoms with van der Waals surface area (Å²) < 4.78 is 0.739. The van der Waals surface area contributed by atoms with E-state index in [1.54, 1.807) is 19.2 Å². The van der Waals surface area contributed by atoms with E-state index >= 15 is 0 Å². The Hall–Kier alpha value is -2.20. The number of benzene rings is 1. The second-order valence-electron chi connectivity index (χ2n) is 5.31. The predicted octanol–water partition coefficient (Wildman–Crippen LogP) is 2.78. The maximum atomic E-state index is 12.2. The highest BCUT2D eigenvalue weighted by atomic mass is 32.2. The van der Waals surface area contributed by atoms with E-state index in [1.807, 2.05) is 0 Å². The van der Waals surface area contributed by atoms with Crippen molar-refractivity contribution < 1.29 is 9.72 Å². The van der Waals surface area contributed by atoms with Crippen LogP contribution in [0.4, 0.5) is 16.5 Å². The molecule has 0 saturated heterocycles. The van der Waals surface area contributed by atoms with Crippen molar-refractivity contribution in [3.05, 3.63) is 34.4 Å². The molecule has 0 atom stereocenters. The van der Waals surface area contributed by atoms with Crippen molar-refractivity contribution in [2.24, 2.45) is 0 Å². The number of hydrogen-bond acceptors (Lipinski definition) is 8. The fourth-order valence-electron chi connectivity index (χ4n) is 1.89. The lowest BCUT2D eigenvalue weighted by Crippen LogP contribution is -2.27. The molecule has 1 saturated carbocycles. The summed E-state index contributed by atoms with van der Waals surface area (Å²) in [6.07, 6.45) is 2.33. The number of anilines is 2. The van der Waals surface area contributed by atoms with Crippen LogP contribution in [-0.4, -0.2) is 39.9 Å². The molecule has 2 aromatic rings. The summed E-state index contributed by atoms with van der Waals surface area (Å²) in [7, 11) is 1.64. The molecule has 0 spiro atoms. The maximum Gasteiger partial charge on any atom is 0.269 e. The van der Waals surface area contributed by atoms with Crippen LogP contribution < -0.4 is 10.2 Å². The third-order valence-electron chi connectivity index (χ3n) is 3.45. The van der Waals surface area contributed by atoms with Crippen LogP contribution in [0.15, 0.2) is 28.6 Å². The number of thioether (sulfide) groups is 1. The van der Waals surface area contributed by atoms with Crippen LogP contribution in [0.1, 0.15) is 12.8 Å². The minimum atomic E-state index is -0.468. The Morgan fingerprint density at radius 3 is 2.75 bits per heavy atom. The molecule has 3 rings (SSSR count). The number of nitrogens with one attached hydrogen (secondary N) is 1. The Bertz CT molecular complexity index is 745. The van der Waals surface area contributed by atoms with Crippen molar-refractivity contribution in [2.45, 2.75) is 23.2 Å². The van der Waals surface area contributed by atoms with Gasteiger partial charge in [0.1, 0.15) is 0 Å². The summed E-state index contributed by atoms with van der Waals surface area (Å²) in [5.74, 6) is 0.117. The summed E-state index contributed by atoms with van der Waals surface area (Å²) >= 11 is 2.77. The third-order valence-corrected chi connectivity index (χ3v) is 5.43. The zero-order chi connectivity index (χ0) is 17.1. The van der Waals surface area contributed by atoms with Crippen molar-refractivity contribution in [1.82, 2.24) is 10.2 Å². The van der Waals surface area contributed by atoms with Gasteiger partial charge >= 0.3 is 0 Å². The second-order valence-corrected chi connectivity index (χ2v) is 7.51. The molecule has 1 aliphatic carbocycles. The summed E-state index contributed by atoms with van der Waals surface area (Å²) in [6.45, 7) is 0. The molecule has 126 valence electrons. The first-order chi connectivity index (χ1) is 11.5. The summed E-state index contributed by atoms with van der Waals surface area (Å²) in [5, 5.41) is 22.8. The first-order valence-electron chi connectivity index (χ1n) is 7.27. The Morgan fingerprint density at radius 2 is 2.12 bits per heavy atom. The SMILES string of the molecule is CN(C(=O)CSc1nnc(NC2CC2)s1)c1ccc([N+](=O)[O-])cc1. The molecule has 1 aromatic heterocycles. The minimum absolute atomic E-state index is 0.00136. The molecule has 10 heteroatoms. The number of hydrogen-bond donors (Lipinski definition) is 1. The van der Waals surface area contributed by atoms with Crippen LogP contribution in [0.3, 0.4) is 0 Å². The number of carbonyl (C=O) groups excluding carboxylic acids is 1. The largest absolute Gasteiger partial charge is 0.357 e. The lowest BCUT2D eigenvalue weighted by Gasteiger charge is -2.16. The van der Waals surface area contributed by atoms with E-state index < -0.39 is 4.92 Å². The van der Waals surface area contributed by atoms with Crippen LogP contribution in [-0.2, 0) is 4.79 Å². The molecule has 1 heterocycles. The summed E-state index contributed by atoms with van der Waals surface area (Å²) in [5.41, 5.74) is 0.609. The Labute approximate surface area is 146 Å². The number of aromatic nitrogens is 2. The standard InChI is InChI=1S/C14H15N5O3S2/c1-18(10-4-6-11(7-5-10)19(21)22)12(20)8-23-14-17-16-13(24-14)15-9-2-3-9/h4-7,9H,2-3,8H2,1H3,(H,15,16). The van der Waals surface area contributed by atoms with Gasteiger partial charge in [0.2, 0.25) is 11.0 Å². The van der Waals surface area contributed by atoms with Gasteiger partial charge in [-0.2, -0.15) is 0 Å². The van der Waals surface area contributed by atoms with Crippen molar-refractivity contribution >= 4 is 45.5 Å². The van der Waals surface area contributed by atoms with E-state index in [9.17, 15) is 14.9 Å². The van der Waals surface area contributed by atoms with E-state index in [1.165, 1.54) is 53.0 Å². The van der Waals surface area contributed by atoms with Gasteiger partial charge in [-0.05, 0) is 25.0 Å². The zero-order valence-electron chi connectivity index (χ0n) is 12.8. The van der Waals surface area contributed by atoms with Crippen LogP contribution in [0.5, 0.6) is 0 Å². The Morgan fingerprint density at radius 1 is 1.42 bits per heavy atom. The van der Waals surface area contributed by atoms with Crippen LogP contribution in [0.25, 0.3) is 0 Å². The van der Waals surface area contributed by atoms with E-state index in [4.69, 9.17) is 0 Å². The molecule has 1 amide bonds. The molecule has 0 aliphatic heterocycles. The highest BCUT2D eigenvalue weighted by molar-refractivity contribution is 8.01. The van der Waals surface area contributed by atoms with Gasteiger partial charge in [0, 0.05) is 30.9 Å². The average molecular weight is 365 g/mol. The monoisotopic (exact) mass is 365 g/mol. The molecule has 0 radical (unpaired) electrons. The lowest BCUT2D eigenvalue weighted by atomic mass is 10.2. The number of rotatable bonds is 7. The molecule has 0 unspecified atom stereocenters. The first-order valence-corrected chi connectivity index (χ1v) is 9.07. The van der Waals surface area contributed by atoms with Gasteiger partial charge in [-0.1, -0.05) is 23.1 Å². The van der Waals surface area contributed by atoms with E-state index in [-0.39, 0.29) is 17.3 Å². The van der Waals surface area contributed by atoms with E-state index in [0.717, 1.165) is 9.47 Å². The maximum absolute atomic E-state index is 12.2. The number of non-ortho nitro benzene ring substituents is 1. The van der Waals surface area contributed by atoms with Gasteiger partial charge in [-0.25, -0.2) is 0 Å². The van der Waals surface area contributed by atoms with Gasteiger partial charge in [-0.15, -0.1) is 10.2 Å². The van der Waals surface area contributed by atoms with Gasteiger partial charge < -0.3 is 10.2 Å². The molecule has 8 nitrogen and oxygen atoms in total. The third kappa shape index (κ3) is 4.20. The fourth-order valence-corrected chi connectivity index (χ4v) is 3.63. The van der Waals surface area contributed by atoms with E-state index in [0.29, 0.717) is 11.7 Å². The van der Waals surface area contributed by atoms with Gasteiger partial charge in [0.25, 0.3) is 5.69 Å². The molecule has 1 fully saturated rings. The molecular weight excluding hydrogens is 350 g/mol. The Kier molecular flexibility index (Phi) is 4.95. The number of amides is 1. The van der Waals surface area contributed by atoms with Crippen molar-refractivity contribution in [3.63, 3.8) is 0 Å². The topological polar surface area (TPSA) is 101 Å². The summed E-state index contributed by atoms with van der Waals surface area (Å²) in [6, 6.07) is 6.40. The highest BCUT2D eigenvalue weighted by Crippen LogP contribution is 2.30. The number of nitrogens with zero attached hydrogens (tertiary/aromatic N) is 4. The smallest absolute Gasteiger partial charge is 0.269 e. The predicted molar refractivity (Wildman–Crippen MR) is 93.8 cm³/mol. The van der Waals surface area contributed by atoms with Crippen LogP contribution in [0.2, 0.25) is 0 Å². The fraction of sp³-hybridized carbons (Fsp3) is 0.357. The molecular formula is C14H15N5O3S2. The first kappa shape index (κ1) is 16.7. The molecule has 24 heavy (non-hydrogen) atoms. The normalized spacial score (nSPS) is 13.5. The van der Waals surface area contributed by atoms with Crippen molar-refractivity contribution in [2.75, 3.05) is 23.0 Å². The average Bonchev–Trinajstić information content (AvgIpc) is 3.28. The van der Waals surface area contributed by atoms with Gasteiger partial charge in [0.05, 0.1) is 10.7 Å². The quantitative estimate of drug-likeness (QED) is 0.457. The zero-order valence-corrected chi connectivity index (χ0v) is 14.5. The van der Waals surface area contributed by atoms with Crippen molar-refractivity contribution in [3.8, 4) is 0 Å². The van der Waals surface area contributed by atoms with Crippen LogP contribution >= 0.6 is 23.1 Å². The molecule has 1 aromatic carbocycles. The minimum Gasteiger partial charge on any atom is -0.357 e.